The van der Waals surface area contributed by atoms with Crippen molar-refractivity contribution in [1.82, 2.24) is 10.2 Å². The number of ether oxygens (including phenoxy) is 2. The Morgan fingerprint density at radius 1 is 1.56 bits per heavy atom. The highest BCUT2D eigenvalue weighted by molar-refractivity contribution is 4.72. The third kappa shape index (κ3) is 5.25. The summed E-state index contributed by atoms with van der Waals surface area (Å²) in [5, 5.41) is 3.48. The van der Waals surface area contributed by atoms with Gasteiger partial charge in [-0.05, 0) is 20.8 Å². The van der Waals surface area contributed by atoms with E-state index in [9.17, 15) is 0 Å². The van der Waals surface area contributed by atoms with Crippen LogP contribution in [0.3, 0.4) is 0 Å². The molecule has 0 aromatic rings. The summed E-state index contributed by atoms with van der Waals surface area (Å²) in [5.41, 5.74) is 0. The van der Waals surface area contributed by atoms with E-state index in [-0.39, 0.29) is 0 Å². The molecule has 96 valence electrons. The Morgan fingerprint density at radius 3 is 3.06 bits per heavy atom. The van der Waals surface area contributed by atoms with Gasteiger partial charge >= 0.3 is 0 Å². The molecule has 2 unspecified atom stereocenters. The number of hydrogen-bond donors (Lipinski definition) is 1. The minimum absolute atomic E-state index is 0.441. The van der Waals surface area contributed by atoms with Crippen LogP contribution >= 0.6 is 0 Å². The SMILES string of the molecule is CCOCC(C)NCCN1CCOCC1C. The molecule has 0 spiro atoms. The summed E-state index contributed by atoms with van der Waals surface area (Å²) in [7, 11) is 0. The Balaban J connectivity index is 2.05. The van der Waals surface area contributed by atoms with E-state index in [2.05, 4.69) is 24.1 Å². The van der Waals surface area contributed by atoms with E-state index in [4.69, 9.17) is 9.47 Å². The van der Waals surface area contributed by atoms with Crippen LogP contribution in [-0.4, -0.2) is 63.0 Å². The molecule has 1 aliphatic rings. The lowest BCUT2D eigenvalue weighted by Crippen LogP contribution is -2.47. The first-order chi connectivity index (χ1) is 7.74. The normalized spacial score (nSPS) is 24.6. The average Bonchev–Trinajstić information content (AvgIpc) is 2.29. The van der Waals surface area contributed by atoms with Gasteiger partial charge in [0.25, 0.3) is 0 Å². The van der Waals surface area contributed by atoms with Crippen LogP contribution < -0.4 is 5.32 Å². The van der Waals surface area contributed by atoms with Gasteiger partial charge in [0.2, 0.25) is 0 Å². The molecule has 1 aliphatic heterocycles. The Hall–Kier alpha value is -0.160. The van der Waals surface area contributed by atoms with Crippen LogP contribution in [0.2, 0.25) is 0 Å². The van der Waals surface area contributed by atoms with Crippen molar-refractivity contribution in [2.45, 2.75) is 32.9 Å². The molecule has 2 atom stereocenters. The highest BCUT2D eigenvalue weighted by atomic mass is 16.5. The summed E-state index contributed by atoms with van der Waals surface area (Å²) < 4.78 is 10.8. The summed E-state index contributed by atoms with van der Waals surface area (Å²) >= 11 is 0. The molecule has 0 bridgehead atoms. The smallest absolute Gasteiger partial charge is 0.0619 e. The molecular formula is C12H26N2O2. The van der Waals surface area contributed by atoms with E-state index in [1.165, 1.54) is 0 Å². The molecule has 1 saturated heterocycles. The van der Waals surface area contributed by atoms with Gasteiger partial charge in [-0.15, -0.1) is 0 Å². The first-order valence-electron chi connectivity index (χ1n) is 6.37. The number of nitrogens with one attached hydrogen (secondary N) is 1. The Kier molecular flexibility index (Phi) is 6.96. The van der Waals surface area contributed by atoms with Crippen molar-refractivity contribution in [3.8, 4) is 0 Å². The summed E-state index contributed by atoms with van der Waals surface area (Å²) in [6, 6.07) is 0.994. The van der Waals surface area contributed by atoms with Crippen molar-refractivity contribution in [1.29, 1.82) is 0 Å². The summed E-state index contributed by atoms with van der Waals surface area (Å²) in [4.78, 5) is 2.48. The van der Waals surface area contributed by atoms with E-state index < -0.39 is 0 Å². The van der Waals surface area contributed by atoms with E-state index in [1.807, 2.05) is 6.92 Å². The van der Waals surface area contributed by atoms with Crippen LogP contribution in [0.1, 0.15) is 20.8 Å². The maximum atomic E-state index is 5.41. The second kappa shape index (κ2) is 8.01. The molecule has 4 heteroatoms. The Morgan fingerprint density at radius 2 is 2.38 bits per heavy atom. The van der Waals surface area contributed by atoms with Crippen molar-refractivity contribution in [3.63, 3.8) is 0 Å². The lowest BCUT2D eigenvalue weighted by molar-refractivity contribution is -0.000157. The van der Waals surface area contributed by atoms with E-state index in [1.54, 1.807) is 0 Å². The van der Waals surface area contributed by atoms with Gasteiger partial charge in [0.05, 0.1) is 19.8 Å². The minimum Gasteiger partial charge on any atom is -0.380 e. The van der Waals surface area contributed by atoms with Gasteiger partial charge in [-0.3, -0.25) is 4.90 Å². The molecule has 0 aromatic carbocycles. The van der Waals surface area contributed by atoms with Crippen LogP contribution in [0.4, 0.5) is 0 Å². The van der Waals surface area contributed by atoms with Gasteiger partial charge in [-0.25, -0.2) is 0 Å². The molecule has 4 nitrogen and oxygen atoms in total. The van der Waals surface area contributed by atoms with Crippen molar-refractivity contribution >= 4 is 0 Å². The van der Waals surface area contributed by atoms with Gasteiger partial charge in [0.1, 0.15) is 0 Å². The number of rotatable bonds is 7. The maximum Gasteiger partial charge on any atom is 0.0619 e. The van der Waals surface area contributed by atoms with Crippen molar-refractivity contribution in [3.05, 3.63) is 0 Å². The van der Waals surface area contributed by atoms with Crippen LogP contribution in [-0.2, 0) is 9.47 Å². The van der Waals surface area contributed by atoms with E-state index >= 15 is 0 Å². The second-order valence-corrected chi connectivity index (χ2v) is 4.47. The zero-order chi connectivity index (χ0) is 11.8. The lowest BCUT2D eigenvalue weighted by atomic mass is 10.2. The van der Waals surface area contributed by atoms with Crippen molar-refractivity contribution < 1.29 is 9.47 Å². The fraction of sp³-hybridized carbons (Fsp3) is 1.00. The fourth-order valence-electron chi connectivity index (χ4n) is 1.90. The van der Waals surface area contributed by atoms with Crippen LogP contribution in [0.15, 0.2) is 0 Å². The molecule has 1 rings (SSSR count). The fourth-order valence-corrected chi connectivity index (χ4v) is 1.90. The zero-order valence-corrected chi connectivity index (χ0v) is 10.9. The molecule has 0 radical (unpaired) electrons. The summed E-state index contributed by atoms with van der Waals surface area (Å²) in [6.07, 6.45) is 0. The minimum atomic E-state index is 0.441. The molecular weight excluding hydrogens is 204 g/mol. The molecule has 0 amide bonds. The Bertz CT molecular complexity index is 178. The highest BCUT2D eigenvalue weighted by Gasteiger charge is 2.17. The second-order valence-electron chi connectivity index (χ2n) is 4.47. The van der Waals surface area contributed by atoms with Crippen molar-refractivity contribution in [2.75, 3.05) is 46.1 Å². The maximum absolute atomic E-state index is 5.41. The number of morpholine rings is 1. The first kappa shape index (κ1) is 13.9. The monoisotopic (exact) mass is 230 g/mol. The third-order valence-electron chi connectivity index (χ3n) is 2.97. The van der Waals surface area contributed by atoms with Gasteiger partial charge in [0.15, 0.2) is 0 Å². The van der Waals surface area contributed by atoms with Gasteiger partial charge in [-0.1, -0.05) is 0 Å². The molecule has 0 aliphatic carbocycles. The number of nitrogens with zero attached hydrogens (tertiary/aromatic N) is 1. The summed E-state index contributed by atoms with van der Waals surface area (Å²) in [5.74, 6) is 0. The standard InChI is InChI=1S/C12H26N2O2/c1-4-15-9-11(2)13-5-6-14-7-8-16-10-12(14)3/h11-13H,4-10H2,1-3H3. The molecule has 1 heterocycles. The predicted octanol–water partition coefficient (Wildman–Crippen LogP) is 0.722. The molecule has 1 N–H and O–H groups in total. The average molecular weight is 230 g/mol. The van der Waals surface area contributed by atoms with E-state index in [0.717, 1.165) is 46.1 Å². The lowest BCUT2D eigenvalue weighted by Gasteiger charge is -2.33. The molecule has 0 aromatic heterocycles. The zero-order valence-electron chi connectivity index (χ0n) is 10.9. The third-order valence-corrected chi connectivity index (χ3v) is 2.97. The largest absolute Gasteiger partial charge is 0.380 e. The van der Waals surface area contributed by atoms with Gasteiger partial charge in [0, 0.05) is 38.3 Å². The predicted molar refractivity (Wildman–Crippen MR) is 65.8 cm³/mol. The quantitative estimate of drug-likeness (QED) is 0.699. The number of hydrogen-bond acceptors (Lipinski definition) is 4. The molecule has 0 saturated carbocycles. The van der Waals surface area contributed by atoms with Crippen LogP contribution in [0, 0.1) is 0 Å². The van der Waals surface area contributed by atoms with Crippen LogP contribution in [0.25, 0.3) is 0 Å². The van der Waals surface area contributed by atoms with E-state index in [0.29, 0.717) is 12.1 Å². The Labute approximate surface area is 99.3 Å². The van der Waals surface area contributed by atoms with Crippen molar-refractivity contribution in [2.24, 2.45) is 0 Å². The summed E-state index contributed by atoms with van der Waals surface area (Å²) in [6.45, 7) is 12.9. The highest BCUT2D eigenvalue weighted by Crippen LogP contribution is 2.04. The first-order valence-corrected chi connectivity index (χ1v) is 6.37. The topological polar surface area (TPSA) is 33.7 Å². The van der Waals surface area contributed by atoms with Gasteiger partial charge < -0.3 is 14.8 Å². The van der Waals surface area contributed by atoms with Gasteiger partial charge in [-0.2, -0.15) is 0 Å². The molecule has 16 heavy (non-hydrogen) atoms. The molecule has 1 fully saturated rings. The van der Waals surface area contributed by atoms with Crippen LogP contribution in [0.5, 0.6) is 0 Å².